The molecule has 0 unspecified atom stereocenters. The zero-order valence-electron chi connectivity index (χ0n) is 10.4. The Morgan fingerprint density at radius 3 is 2.72 bits per heavy atom. The molecular formula is C13H17ClN2O2. The first-order chi connectivity index (χ1) is 8.50. The molecule has 1 aliphatic rings. The van der Waals surface area contributed by atoms with Crippen molar-refractivity contribution in [2.75, 3.05) is 5.32 Å². The van der Waals surface area contributed by atoms with Crippen LogP contribution >= 0.6 is 11.6 Å². The number of hydrogen-bond acceptors (Lipinski definition) is 3. The van der Waals surface area contributed by atoms with Crippen LogP contribution in [0.15, 0.2) is 12.3 Å². The van der Waals surface area contributed by atoms with E-state index in [9.17, 15) is 4.79 Å². The molecule has 0 amide bonds. The van der Waals surface area contributed by atoms with Crippen molar-refractivity contribution < 1.29 is 9.90 Å². The predicted molar refractivity (Wildman–Crippen MR) is 71.3 cm³/mol. The van der Waals surface area contributed by atoms with Crippen LogP contribution in [0.25, 0.3) is 0 Å². The molecule has 2 rings (SSSR count). The van der Waals surface area contributed by atoms with E-state index >= 15 is 0 Å². The van der Waals surface area contributed by atoms with Crippen LogP contribution < -0.4 is 5.32 Å². The Labute approximate surface area is 111 Å². The predicted octanol–water partition coefficient (Wildman–Crippen LogP) is 3.57. The van der Waals surface area contributed by atoms with Gasteiger partial charge in [0.2, 0.25) is 0 Å². The molecule has 1 fully saturated rings. The smallest absolute Gasteiger partial charge is 0.337 e. The fraction of sp³-hybridized carbons (Fsp3) is 0.538. The number of carbonyl (C=O) groups is 1. The molecule has 98 valence electrons. The molecule has 0 aliphatic heterocycles. The molecule has 0 radical (unpaired) electrons. The highest BCUT2D eigenvalue weighted by Gasteiger charge is 2.27. The largest absolute Gasteiger partial charge is 0.478 e. The van der Waals surface area contributed by atoms with Crippen LogP contribution in [-0.4, -0.2) is 21.6 Å². The maximum absolute atomic E-state index is 11.0. The lowest BCUT2D eigenvalue weighted by atomic mass is 9.83. The number of carboxylic acids is 1. The summed E-state index contributed by atoms with van der Waals surface area (Å²) in [6.07, 6.45) is 7.22. The van der Waals surface area contributed by atoms with E-state index in [2.05, 4.69) is 17.2 Å². The van der Waals surface area contributed by atoms with Gasteiger partial charge in [-0.3, -0.25) is 0 Å². The van der Waals surface area contributed by atoms with E-state index in [-0.39, 0.29) is 16.1 Å². The lowest BCUT2D eigenvalue weighted by Crippen LogP contribution is -2.37. The van der Waals surface area contributed by atoms with Gasteiger partial charge >= 0.3 is 5.97 Å². The summed E-state index contributed by atoms with van der Waals surface area (Å²) < 4.78 is 0. The normalized spacial score (nSPS) is 18.3. The minimum atomic E-state index is -1.03. The van der Waals surface area contributed by atoms with Gasteiger partial charge in [-0.1, -0.05) is 30.9 Å². The van der Waals surface area contributed by atoms with Crippen LogP contribution in [0, 0.1) is 0 Å². The van der Waals surface area contributed by atoms with Crippen molar-refractivity contribution in [2.24, 2.45) is 0 Å². The van der Waals surface area contributed by atoms with Crippen LogP contribution in [0.2, 0.25) is 5.02 Å². The van der Waals surface area contributed by atoms with E-state index in [4.69, 9.17) is 16.7 Å². The first-order valence-electron chi connectivity index (χ1n) is 6.17. The van der Waals surface area contributed by atoms with Crippen LogP contribution in [0.5, 0.6) is 0 Å². The molecule has 0 aromatic carbocycles. The monoisotopic (exact) mass is 268 g/mol. The van der Waals surface area contributed by atoms with Crippen LogP contribution in [0.4, 0.5) is 5.82 Å². The number of aromatic nitrogens is 1. The van der Waals surface area contributed by atoms with Gasteiger partial charge in [0.25, 0.3) is 0 Å². The van der Waals surface area contributed by atoms with Crippen molar-refractivity contribution in [2.45, 2.75) is 44.6 Å². The fourth-order valence-corrected chi connectivity index (χ4v) is 2.62. The summed E-state index contributed by atoms with van der Waals surface area (Å²) in [4.78, 5) is 15.2. The summed E-state index contributed by atoms with van der Waals surface area (Å²) >= 11 is 5.80. The molecule has 1 aliphatic carbocycles. The molecule has 1 heterocycles. The Morgan fingerprint density at radius 2 is 2.11 bits per heavy atom. The first kappa shape index (κ1) is 13.1. The van der Waals surface area contributed by atoms with Gasteiger partial charge in [-0.15, -0.1) is 0 Å². The third kappa shape index (κ3) is 2.93. The second-order valence-electron chi connectivity index (χ2n) is 5.10. The van der Waals surface area contributed by atoms with Crippen molar-refractivity contribution in [3.05, 3.63) is 22.8 Å². The molecule has 5 heteroatoms. The fourth-order valence-electron chi connectivity index (χ4n) is 2.44. The Balaban J connectivity index is 2.18. The third-order valence-electron chi connectivity index (χ3n) is 3.47. The quantitative estimate of drug-likeness (QED) is 0.880. The second kappa shape index (κ2) is 5.14. The van der Waals surface area contributed by atoms with Crippen molar-refractivity contribution in [3.63, 3.8) is 0 Å². The number of nitrogens with one attached hydrogen (secondary N) is 1. The maximum atomic E-state index is 11.0. The minimum absolute atomic E-state index is 0.00878. The van der Waals surface area contributed by atoms with E-state index in [1.54, 1.807) is 0 Å². The highest BCUT2D eigenvalue weighted by molar-refractivity contribution is 6.33. The zero-order valence-corrected chi connectivity index (χ0v) is 11.1. The summed E-state index contributed by atoms with van der Waals surface area (Å²) in [5.41, 5.74) is 0.100. The molecule has 0 atom stereocenters. The Hall–Kier alpha value is -1.29. The zero-order chi connectivity index (χ0) is 13.2. The standard InChI is InChI=1S/C13H17ClN2O2/c1-13(5-3-2-4-6-13)16-11-7-9(12(17)18)10(14)8-15-11/h7-8H,2-6H2,1H3,(H,15,16)(H,17,18). The number of hydrogen-bond donors (Lipinski definition) is 2. The summed E-state index contributed by atoms with van der Waals surface area (Å²) in [5, 5.41) is 12.5. The van der Waals surface area contributed by atoms with E-state index in [0.717, 1.165) is 12.8 Å². The lowest BCUT2D eigenvalue weighted by molar-refractivity contribution is 0.0697. The van der Waals surface area contributed by atoms with Gasteiger partial charge in [0.1, 0.15) is 5.82 Å². The van der Waals surface area contributed by atoms with E-state index in [1.807, 2.05) is 0 Å². The number of aromatic carboxylic acids is 1. The summed E-state index contributed by atoms with van der Waals surface area (Å²) in [6.45, 7) is 2.16. The Morgan fingerprint density at radius 1 is 1.44 bits per heavy atom. The average Bonchev–Trinajstić information content (AvgIpc) is 2.32. The van der Waals surface area contributed by atoms with Gasteiger partial charge in [0.15, 0.2) is 0 Å². The summed E-state index contributed by atoms with van der Waals surface area (Å²) in [5.74, 6) is -0.444. The highest BCUT2D eigenvalue weighted by Crippen LogP contribution is 2.31. The molecule has 1 saturated carbocycles. The average molecular weight is 269 g/mol. The van der Waals surface area contributed by atoms with Crippen LogP contribution in [0.1, 0.15) is 49.4 Å². The van der Waals surface area contributed by atoms with Gasteiger partial charge in [-0.05, 0) is 25.8 Å². The maximum Gasteiger partial charge on any atom is 0.337 e. The molecule has 1 aromatic heterocycles. The molecule has 4 nitrogen and oxygen atoms in total. The van der Waals surface area contributed by atoms with E-state index in [0.29, 0.717) is 5.82 Å². The van der Waals surface area contributed by atoms with Gasteiger partial charge in [-0.2, -0.15) is 0 Å². The van der Waals surface area contributed by atoms with Crippen molar-refractivity contribution in [1.82, 2.24) is 4.98 Å². The van der Waals surface area contributed by atoms with E-state index in [1.165, 1.54) is 31.5 Å². The van der Waals surface area contributed by atoms with E-state index < -0.39 is 5.97 Å². The molecule has 0 saturated heterocycles. The number of carboxylic acid groups (broad SMARTS) is 1. The Bertz CT molecular complexity index is 456. The topological polar surface area (TPSA) is 62.2 Å². The molecule has 0 bridgehead atoms. The molecule has 18 heavy (non-hydrogen) atoms. The van der Waals surface area contributed by atoms with Crippen LogP contribution in [0.3, 0.4) is 0 Å². The van der Waals surface area contributed by atoms with Gasteiger partial charge in [0, 0.05) is 11.7 Å². The molecule has 0 spiro atoms. The number of halogens is 1. The van der Waals surface area contributed by atoms with Crippen molar-refractivity contribution in [1.29, 1.82) is 0 Å². The molecular weight excluding hydrogens is 252 g/mol. The van der Waals surface area contributed by atoms with Crippen LogP contribution in [-0.2, 0) is 0 Å². The summed E-state index contributed by atoms with van der Waals surface area (Å²) in [7, 11) is 0. The molecule has 1 aromatic rings. The minimum Gasteiger partial charge on any atom is -0.478 e. The SMILES string of the molecule is CC1(Nc2cc(C(=O)O)c(Cl)cn2)CCCCC1. The summed E-state index contributed by atoms with van der Waals surface area (Å²) in [6, 6.07) is 1.50. The van der Waals surface area contributed by atoms with Crippen molar-refractivity contribution in [3.8, 4) is 0 Å². The number of rotatable bonds is 3. The Kier molecular flexibility index (Phi) is 3.76. The second-order valence-corrected chi connectivity index (χ2v) is 5.51. The van der Waals surface area contributed by atoms with Gasteiger partial charge in [0.05, 0.1) is 10.6 Å². The van der Waals surface area contributed by atoms with Gasteiger partial charge < -0.3 is 10.4 Å². The lowest BCUT2D eigenvalue weighted by Gasteiger charge is -2.35. The number of anilines is 1. The molecule has 2 N–H and O–H groups in total. The number of nitrogens with zero attached hydrogens (tertiary/aromatic N) is 1. The highest BCUT2D eigenvalue weighted by atomic mass is 35.5. The number of pyridine rings is 1. The third-order valence-corrected chi connectivity index (χ3v) is 3.77. The van der Waals surface area contributed by atoms with Gasteiger partial charge in [-0.25, -0.2) is 9.78 Å². The van der Waals surface area contributed by atoms with Crippen molar-refractivity contribution >= 4 is 23.4 Å². The first-order valence-corrected chi connectivity index (χ1v) is 6.55.